The molecule has 1 heterocycles. The molecule has 0 aliphatic heterocycles. The fourth-order valence-corrected chi connectivity index (χ4v) is 8.09. The third-order valence-corrected chi connectivity index (χ3v) is 12.2. The normalized spacial score (nSPS) is 20.5. The Labute approximate surface area is 361 Å². The van der Waals surface area contributed by atoms with Crippen molar-refractivity contribution in [1.82, 2.24) is 0 Å². The molecule has 0 saturated heterocycles. The molecule has 1 aliphatic carbocycles. The molecule has 1 aromatic heterocycles. The second-order valence-corrected chi connectivity index (χ2v) is 19.1. The van der Waals surface area contributed by atoms with E-state index in [0.29, 0.717) is 49.6 Å². The van der Waals surface area contributed by atoms with Crippen molar-refractivity contribution in [2.75, 3.05) is 47.5 Å². The van der Waals surface area contributed by atoms with Gasteiger partial charge in [-0.05, 0) is 75.8 Å². The van der Waals surface area contributed by atoms with E-state index in [1.54, 1.807) is 6.08 Å². The highest BCUT2D eigenvalue weighted by molar-refractivity contribution is 7.47. The third kappa shape index (κ3) is 22.7. The molecule has 7 atom stereocenters. The molecule has 14 heteroatoms. The minimum absolute atomic E-state index is 0.0165. The van der Waals surface area contributed by atoms with Crippen LogP contribution in [0, 0.1) is 25.7 Å². The molecular formula is C46H81NO12P+. The minimum Gasteiger partial charge on any atom is -0.466 e. The van der Waals surface area contributed by atoms with Crippen molar-refractivity contribution in [3.63, 3.8) is 0 Å². The van der Waals surface area contributed by atoms with Gasteiger partial charge in [0.05, 0.1) is 46.1 Å². The van der Waals surface area contributed by atoms with Gasteiger partial charge < -0.3 is 38.6 Å². The standard InChI is InChI=1S/C46H80NO12P/c1-8-10-17-23-37(48)28-29-40-39(41(49)32-42(40)50)24-18-15-16-20-26-45(51)55-33-38(34-57-60(53,54)56-31-30-47(5,6)7)58-46(52)27-21-14-12-11-13-19-25-44-36(4)35(3)43(59-44)22-9-2/h15,18,28-29,37-42,48-50H,8-14,16-17,19-27,30-34H2,1-7H3/p+1/b18-15+,29-28+/t37-,38+,39+,40+,41-,42+/m0/s1. The predicted octanol–water partition coefficient (Wildman–Crippen LogP) is 8.39. The highest BCUT2D eigenvalue weighted by Crippen LogP contribution is 2.43. The van der Waals surface area contributed by atoms with Crippen molar-refractivity contribution in [1.29, 1.82) is 0 Å². The highest BCUT2D eigenvalue weighted by Gasteiger charge is 2.39. The van der Waals surface area contributed by atoms with Gasteiger partial charge >= 0.3 is 19.8 Å². The Hall–Kier alpha value is -2.35. The number of phosphoric acid groups is 1. The lowest BCUT2D eigenvalue weighted by Crippen LogP contribution is -2.37. The number of quaternary nitrogens is 1. The van der Waals surface area contributed by atoms with Crippen LogP contribution < -0.4 is 0 Å². The molecule has 1 unspecified atom stereocenters. The summed E-state index contributed by atoms with van der Waals surface area (Å²) < 4.78 is 40.4. The Bertz CT molecular complexity index is 1470. The van der Waals surface area contributed by atoms with Crippen LogP contribution in [0.2, 0.25) is 0 Å². The number of aliphatic hydroxyl groups excluding tert-OH is 3. The highest BCUT2D eigenvalue weighted by atomic mass is 31.2. The first-order valence-electron chi connectivity index (χ1n) is 22.7. The second kappa shape index (κ2) is 29.1. The van der Waals surface area contributed by atoms with E-state index in [0.717, 1.165) is 82.1 Å². The summed E-state index contributed by atoms with van der Waals surface area (Å²) in [6, 6.07) is 0. The summed E-state index contributed by atoms with van der Waals surface area (Å²) in [6.45, 7) is 8.17. The molecule has 0 aromatic carbocycles. The van der Waals surface area contributed by atoms with Crippen LogP contribution in [-0.4, -0.2) is 109 Å². The fraction of sp³-hybridized carbons (Fsp3) is 0.783. The Morgan fingerprint density at radius 3 is 2.18 bits per heavy atom. The number of aryl methyl sites for hydroxylation is 2. The first-order valence-corrected chi connectivity index (χ1v) is 24.2. The van der Waals surface area contributed by atoms with E-state index in [9.17, 15) is 34.4 Å². The number of hydrogen-bond acceptors (Lipinski definition) is 11. The van der Waals surface area contributed by atoms with Crippen LogP contribution in [0.25, 0.3) is 0 Å². The van der Waals surface area contributed by atoms with Gasteiger partial charge in [-0.2, -0.15) is 0 Å². The summed E-state index contributed by atoms with van der Waals surface area (Å²) in [7, 11) is 1.31. The van der Waals surface area contributed by atoms with E-state index in [-0.39, 0.29) is 37.9 Å². The van der Waals surface area contributed by atoms with Crippen molar-refractivity contribution < 1.29 is 61.8 Å². The average molecular weight is 871 g/mol. The molecule has 4 N–H and O–H groups in total. The molecule has 60 heavy (non-hydrogen) atoms. The van der Waals surface area contributed by atoms with E-state index < -0.39 is 50.8 Å². The summed E-state index contributed by atoms with van der Waals surface area (Å²) in [5.74, 6) is 0.769. The molecule has 0 bridgehead atoms. The largest absolute Gasteiger partial charge is 0.472 e. The van der Waals surface area contributed by atoms with E-state index in [4.69, 9.17) is 22.9 Å². The smallest absolute Gasteiger partial charge is 0.466 e. The number of allylic oxidation sites excluding steroid dienone is 2. The quantitative estimate of drug-likeness (QED) is 0.0174. The van der Waals surface area contributed by atoms with Crippen molar-refractivity contribution in [2.45, 2.75) is 174 Å². The summed E-state index contributed by atoms with van der Waals surface area (Å²) >= 11 is 0. The second-order valence-electron chi connectivity index (χ2n) is 17.6. The zero-order valence-electron chi connectivity index (χ0n) is 38.0. The molecule has 1 aromatic rings. The summed E-state index contributed by atoms with van der Waals surface area (Å²) in [4.78, 5) is 35.7. The topological polar surface area (TPSA) is 182 Å². The minimum atomic E-state index is -4.45. The van der Waals surface area contributed by atoms with Crippen molar-refractivity contribution in [2.24, 2.45) is 11.8 Å². The van der Waals surface area contributed by atoms with Crippen LogP contribution in [0.15, 0.2) is 28.7 Å². The molecule has 0 amide bonds. The van der Waals surface area contributed by atoms with Gasteiger partial charge in [-0.1, -0.05) is 83.1 Å². The summed E-state index contributed by atoms with van der Waals surface area (Å²) in [5.41, 5.74) is 2.54. The first-order chi connectivity index (χ1) is 28.5. The molecule has 0 spiro atoms. The lowest BCUT2D eigenvalue weighted by atomic mass is 9.89. The number of phosphoric ester groups is 1. The Morgan fingerprint density at radius 2 is 1.50 bits per heavy atom. The molecule has 0 radical (unpaired) electrons. The zero-order valence-corrected chi connectivity index (χ0v) is 38.9. The molecule has 13 nitrogen and oxygen atoms in total. The Kier molecular flexibility index (Phi) is 26.1. The van der Waals surface area contributed by atoms with E-state index in [1.807, 2.05) is 39.4 Å². The number of unbranched alkanes of at least 4 members (excludes halogenated alkanes) is 8. The van der Waals surface area contributed by atoms with Gasteiger partial charge in [0.25, 0.3) is 0 Å². The fourth-order valence-electron chi connectivity index (χ4n) is 7.35. The molecular weight excluding hydrogens is 789 g/mol. The molecule has 1 saturated carbocycles. The summed E-state index contributed by atoms with van der Waals surface area (Å²) in [5, 5.41) is 31.4. The van der Waals surface area contributed by atoms with Crippen molar-refractivity contribution >= 4 is 19.8 Å². The first kappa shape index (κ1) is 53.8. The molecule has 1 fully saturated rings. The van der Waals surface area contributed by atoms with Crippen molar-refractivity contribution in [3.05, 3.63) is 47.0 Å². The van der Waals surface area contributed by atoms with Crippen molar-refractivity contribution in [3.8, 4) is 0 Å². The van der Waals surface area contributed by atoms with Crippen LogP contribution in [0.5, 0.6) is 0 Å². The Morgan fingerprint density at radius 1 is 0.833 bits per heavy atom. The van der Waals surface area contributed by atoms with Gasteiger partial charge in [0.2, 0.25) is 0 Å². The van der Waals surface area contributed by atoms with Gasteiger partial charge in [0.1, 0.15) is 31.3 Å². The number of hydrogen-bond donors (Lipinski definition) is 4. The summed E-state index contributed by atoms with van der Waals surface area (Å²) in [6.07, 6.45) is 19.0. The number of likely N-dealkylation sites (N-methyl/N-ethyl adjacent to an activating group) is 1. The predicted molar refractivity (Wildman–Crippen MR) is 234 cm³/mol. The number of carbonyl (C=O) groups excluding carboxylic acids is 2. The maximum absolute atomic E-state index is 12.8. The number of ether oxygens (including phenoxy) is 2. The van der Waals surface area contributed by atoms with E-state index in [1.165, 1.54) is 11.1 Å². The average Bonchev–Trinajstić information content (AvgIpc) is 3.60. The number of furan rings is 1. The lowest BCUT2D eigenvalue weighted by Gasteiger charge is -2.24. The van der Waals surface area contributed by atoms with E-state index in [2.05, 4.69) is 27.7 Å². The van der Waals surface area contributed by atoms with Crippen LogP contribution in [0.1, 0.15) is 146 Å². The maximum atomic E-state index is 12.8. The van der Waals surface area contributed by atoms with Crippen LogP contribution in [-0.2, 0) is 45.5 Å². The lowest BCUT2D eigenvalue weighted by molar-refractivity contribution is -0.870. The zero-order chi connectivity index (χ0) is 44.6. The Balaban J connectivity index is 1.78. The van der Waals surface area contributed by atoms with Gasteiger partial charge in [-0.25, -0.2) is 4.57 Å². The number of nitrogens with zero attached hydrogens (tertiary/aromatic N) is 1. The third-order valence-electron chi connectivity index (χ3n) is 11.2. The number of rotatable bonds is 33. The monoisotopic (exact) mass is 871 g/mol. The maximum Gasteiger partial charge on any atom is 0.472 e. The van der Waals surface area contributed by atoms with Crippen LogP contribution >= 0.6 is 7.82 Å². The SMILES string of the molecule is CCCCC[C@H](O)/C=C/[C@@H]1[C@@H](C/C=C/CCCC(=O)OC[C@H](COP(=O)(O)OCC[N+](C)(C)C)OC(=O)CCCCCCCCc2oc(CCC)c(C)c2C)[C@@H](O)C[C@H]1O. The van der Waals surface area contributed by atoms with Gasteiger partial charge in [-0.15, -0.1) is 0 Å². The van der Waals surface area contributed by atoms with E-state index >= 15 is 0 Å². The van der Waals surface area contributed by atoms with Crippen LogP contribution in [0.3, 0.4) is 0 Å². The van der Waals surface area contributed by atoms with Crippen LogP contribution in [0.4, 0.5) is 0 Å². The number of esters is 2. The van der Waals surface area contributed by atoms with Gasteiger partial charge in [0, 0.05) is 38.0 Å². The number of carbonyl (C=O) groups is 2. The molecule has 346 valence electrons. The number of aliphatic hydroxyl groups is 3. The van der Waals surface area contributed by atoms with Gasteiger partial charge in [0.15, 0.2) is 6.10 Å². The molecule has 1 aliphatic rings. The van der Waals surface area contributed by atoms with Gasteiger partial charge in [-0.3, -0.25) is 18.6 Å². The molecule has 2 rings (SSSR count).